The summed E-state index contributed by atoms with van der Waals surface area (Å²) in [5, 5.41) is 49.4. The molecule has 9 nitrogen and oxygen atoms in total. The average molecular weight is 462 g/mol. The Morgan fingerprint density at radius 3 is 2.64 bits per heavy atom. The fraction of sp³-hybridized carbons (Fsp3) is 0.667. The third kappa shape index (κ3) is 3.49. The van der Waals surface area contributed by atoms with Crippen LogP contribution in [0.1, 0.15) is 49.7 Å². The summed E-state index contributed by atoms with van der Waals surface area (Å²) < 4.78 is 11.1. The van der Waals surface area contributed by atoms with Crippen molar-refractivity contribution < 1.29 is 44.6 Å². The molecular weight excluding hydrogens is 432 g/mol. The number of carboxylic acid groups (broad SMARTS) is 1. The van der Waals surface area contributed by atoms with Gasteiger partial charge >= 0.3 is 5.97 Å². The minimum atomic E-state index is -1.81. The molecule has 5 rings (SSSR count). The minimum absolute atomic E-state index is 0.0576. The van der Waals surface area contributed by atoms with Crippen LogP contribution in [0.3, 0.4) is 0 Å². The van der Waals surface area contributed by atoms with Gasteiger partial charge in [-0.15, -0.1) is 0 Å². The molecule has 1 heterocycles. The van der Waals surface area contributed by atoms with Crippen LogP contribution in [-0.4, -0.2) is 74.1 Å². The lowest BCUT2D eigenvalue weighted by atomic mass is 9.55. The second kappa shape index (κ2) is 8.02. The summed E-state index contributed by atoms with van der Waals surface area (Å²) in [7, 11) is 0. The Bertz CT molecular complexity index is 963. The molecule has 0 spiro atoms. The van der Waals surface area contributed by atoms with Gasteiger partial charge in [-0.3, -0.25) is 4.79 Å². The van der Waals surface area contributed by atoms with Crippen molar-refractivity contribution in [2.75, 3.05) is 0 Å². The number of rotatable bonds is 3. The van der Waals surface area contributed by atoms with Crippen LogP contribution in [0.2, 0.25) is 0 Å². The average Bonchev–Trinajstić information content (AvgIpc) is 3.03. The first-order chi connectivity index (χ1) is 15.6. The third-order valence-electron chi connectivity index (χ3n) is 8.53. The van der Waals surface area contributed by atoms with Gasteiger partial charge in [-0.05, 0) is 73.1 Å². The van der Waals surface area contributed by atoms with E-state index in [1.165, 1.54) is 5.56 Å². The number of carbonyl (C=O) groups is 2. The number of benzene rings is 1. The van der Waals surface area contributed by atoms with E-state index < -0.39 is 48.2 Å². The number of aliphatic hydroxyl groups is 3. The first kappa shape index (κ1) is 22.7. The molecular formula is C24H30O9. The van der Waals surface area contributed by atoms with E-state index in [9.17, 15) is 35.1 Å². The van der Waals surface area contributed by atoms with E-state index in [4.69, 9.17) is 9.47 Å². The monoisotopic (exact) mass is 462 g/mol. The minimum Gasteiger partial charge on any atom is -0.508 e. The van der Waals surface area contributed by atoms with Gasteiger partial charge in [0.25, 0.3) is 0 Å². The van der Waals surface area contributed by atoms with Crippen molar-refractivity contribution in [3.63, 3.8) is 0 Å². The number of ketones is 1. The van der Waals surface area contributed by atoms with E-state index in [2.05, 4.69) is 0 Å². The fourth-order valence-electron chi connectivity index (χ4n) is 6.78. The molecule has 0 aromatic heterocycles. The Hall–Kier alpha value is -2.04. The van der Waals surface area contributed by atoms with Crippen LogP contribution >= 0.6 is 0 Å². The van der Waals surface area contributed by atoms with Crippen molar-refractivity contribution >= 4 is 11.8 Å². The summed E-state index contributed by atoms with van der Waals surface area (Å²) in [5.41, 5.74) is 1.79. The van der Waals surface area contributed by atoms with E-state index in [0.29, 0.717) is 18.8 Å². The molecule has 1 saturated heterocycles. The number of aryl methyl sites for hydroxylation is 1. The summed E-state index contributed by atoms with van der Waals surface area (Å²) in [4.78, 5) is 24.8. The molecule has 3 aliphatic carbocycles. The summed E-state index contributed by atoms with van der Waals surface area (Å²) in [6, 6.07) is 5.52. The molecule has 9 heteroatoms. The second-order valence-corrected chi connectivity index (χ2v) is 10.2. The highest BCUT2D eigenvalue weighted by molar-refractivity contribution is 5.91. The summed E-state index contributed by atoms with van der Waals surface area (Å²) in [5.74, 6) is -0.697. The molecule has 0 bridgehead atoms. The van der Waals surface area contributed by atoms with Gasteiger partial charge in [0, 0.05) is 5.41 Å². The highest BCUT2D eigenvalue weighted by Gasteiger charge is 2.60. The summed E-state index contributed by atoms with van der Waals surface area (Å²) in [6.07, 6.45) is -5.76. The number of Topliss-reactive ketones (excluding diaryl/α,β-unsaturated/α-hetero) is 1. The topological polar surface area (TPSA) is 154 Å². The number of hydrogen-bond donors (Lipinski definition) is 5. The lowest BCUT2D eigenvalue weighted by molar-refractivity contribution is -0.301. The standard InChI is InChI=1S/C24H30O9/c1-24-7-6-13-12-5-3-11(25)8-10(12)2-4-14(13)15(24)9-16(21(24)29)32-23-19(28)17(26)18(27)20(33-23)22(30)31/h3,5,8,13-20,23,25-28H,2,4,6-7,9H2,1H3,(H,30,31). The van der Waals surface area contributed by atoms with E-state index in [1.807, 2.05) is 19.1 Å². The zero-order chi connectivity index (χ0) is 23.7. The van der Waals surface area contributed by atoms with Gasteiger partial charge in [0.05, 0.1) is 0 Å². The van der Waals surface area contributed by atoms with Gasteiger partial charge in [0.15, 0.2) is 18.2 Å². The smallest absolute Gasteiger partial charge is 0.335 e. The molecule has 1 aromatic rings. The Balaban J connectivity index is 1.36. The lowest BCUT2D eigenvalue weighted by Crippen LogP contribution is -2.61. The molecule has 1 aromatic carbocycles. The van der Waals surface area contributed by atoms with E-state index >= 15 is 0 Å². The lowest BCUT2D eigenvalue weighted by Gasteiger charge is -2.48. The van der Waals surface area contributed by atoms with E-state index in [0.717, 1.165) is 24.8 Å². The molecule has 10 atom stereocenters. The SMILES string of the molecule is CC12CCC3c4ccc(O)cc4CCC3C1CC(OC1OC(C(=O)O)C(O)C(O)C1O)C2=O. The maximum atomic E-state index is 13.4. The highest BCUT2D eigenvalue weighted by Crippen LogP contribution is 2.60. The number of phenols is 1. The van der Waals surface area contributed by atoms with Crippen molar-refractivity contribution in [3.8, 4) is 5.75 Å². The van der Waals surface area contributed by atoms with Crippen LogP contribution in [0.5, 0.6) is 5.75 Å². The molecule has 5 N–H and O–H groups in total. The first-order valence-corrected chi connectivity index (χ1v) is 11.6. The third-order valence-corrected chi connectivity index (χ3v) is 8.53. The molecule has 0 radical (unpaired) electrons. The van der Waals surface area contributed by atoms with Crippen LogP contribution in [0.15, 0.2) is 18.2 Å². The number of ether oxygens (including phenoxy) is 2. The first-order valence-electron chi connectivity index (χ1n) is 11.6. The Morgan fingerprint density at radius 1 is 1.15 bits per heavy atom. The molecule has 2 saturated carbocycles. The molecule has 180 valence electrons. The zero-order valence-corrected chi connectivity index (χ0v) is 18.3. The number of aliphatic hydroxyl groups excluding tert-OH is 3. The van der Waals surface area contributed by atoms with Crippen molar-refractivity contribution in [1.29, 1.82) is 0 Å². The highest BCUT2D eigenvalue weighted by atomic mass is 16.7. The maximum Gasteiger partial charge on any atom is 0.335 e. The van der Waals surface area contributed by atoms with Crippen molar-refractivity contribution in [1.82, 2.24) is 0 Å². The summed E-state index contributed by atoms with van der Waals surface area (Å²) in [6.45, 7) is 1.96. The van der Waals surface area contributed by atoms with Crippen molar-refractivity contribution in [2.45, 2.75) is 81.8 Å². The quantitative estimate of drug-likeness (QED) is 0.437. The van der Waals surface area contributed by atoms with Crippen molar-refractivity contribution in [3.05, 3.63) is 29.3 Å². The van der Waals surface area contributed by atoms with Crippen LogP contribution in [0, 0.1) is 17.3 Å². The van der Waals surface area contributed by atoms with Gasteiger partial charge in [0.1, 0.15) is 30.2 Å². The van der Waals surface area contributed by atoms with Gasteiger partial charge < -0.3 is 35.0 Å². The van der Waals surface area contributed by atoms with E-state index in [1.54, 1.807) is 6.07 Å². The van der Waals surface area contributed by atoms with Gasteiger partial charge in [-0.25, -0.2) is 4.79 Å². The predicted molar refractivity (Wildman–Crippen MR) is 112 cm³/mol. The number of aliphatic carboxylic acids is 1. The largest absolute Gasteiger partial charge is 0.508 e. The van der Waals surface area contributed by atoms with Gasteiger partial charge in [-0.1, -0.05) is 13.0 Å². The molecule has 4 aliphatic rings. The van der Waals surface area contributed by atoms with Crippen LogP contribution in [-0.2, 0) is 25.5 Å². The Labute approximate surface area is 190 Å². The number of fused-ring (bicyclic) bond motifs is 5. The Morgan fingerprint density at radius 2 is 1.91 bits per heavy atom. The fourth-order valence-corrected chi connectivity index (χ4v) is 6.78. The van der Waals surface area contributed by atoms with Gasteiger partial charge in [-0.2, -0.15) is 0 Å². The molecule has 33 heavy (non-hydrogen) atoms. The predicted octanol–water partition coefficient (Wildman–Crippen LogP) is 0.705. The van der Waals surface area contributed by atoms with Crippen molar-refractivity contribution in [2.24, 2.45) is 17.3 Å². The van der Waals surface area contributed by atoms with Gasteiger partial charge in [0.2, 0.25) is 0 Å². The molecule has 10 unspecified atom stereocenters. The molecule has 1 aliphatic heterocycles. The molecule has 0 amide bonds. The second-order valence-electron chi connectivity index (χ2n) is 10.2. The molecule has 3 fully saturated rings. The number of phenolic OH excluding ortho intramolecular Hbond substituents is 1. The van der Waals surface area contributed by atoms with E-state index in [-0.39, 0.29) is 23.4 Å². The number of carbonyl (C=O) groups excluding carboxylic acids is 1. The summed E-state index contributed by atoms with van der Waals surface area (Å²) >= 11 is 0. The maximum absolute atomic E-state index is 13.4. The zero-order valence-electron chi connectivity index (χ0n) is 18.3. The van der Waals surface area contributed by atoms with Crippen LogP contribution in [0.25, 0.3) is 0 Å². The number of carboxylic acids is 1. The normalized spacial score (nSPS) is 44.6. The van der Waals surface area contributed by atoms with Crippen LogP contribution < -0.4 is 0 Å². The number of hydrogen-bond acceptors (Lipinski definition) is 8. The number of aromatic hydroxyl groups is 1. The Kier molecular flexibility index (Phi) is 5.53. The van der Waals surface area contributed by atoms with Crippen LogP contribution in [0.4, 0.5) is 0 Å².